The Morgan fingerprint density at radius 3 is 2.08 bits per heavy atom. The smallest absolute Gasteiger partial charge is 0.238 e. The average molecular weight is 699 g/mol. The molecule has 1 aliphatic heterocycles. The zero-order valence-electron chi connectivity index (χ0n) is 29.5. The van der Waals surface area contributed by atoms with E-state index >= 15 is 0 Å². The number of allylic oxidation sites excluding steroid dienone is 7. The standard InChI is InChI=1S/C41H38N4O7/c1-22-18-33(46)32-21-31-28(29(36(32)38(22)47)15-6-23-19-34(51-4)39(48)35(20-23)52-5)16-17-30-37(31)41(50)45(40(30)49)27-13-9-25(10-14-27)43-42-24-7-11-26(12-8-24)44(2)3/h6-16,18-20,29-31,37,48H,17,21H2,1-5H3/t29-,30-,31+,37-/m0/s1. The fourth-order valence-electron chi connectivity index (χ4n) is 7.71. The van der Waals surface area contributed by atoms with E-state index in [0.29, 0.717) is 45.8 Å². The van der Waals surface area contributed by atoms with Crippen molar-refractivity contribution in [2.24, 2.45) is 33.9 Å². The molecule has 0 spiro atoms. The van der Waals surface area contributed by atoms with Crippen LogP contribution >= 0.6 is 0 Å². The van der Waals surface area contributed by atoms with E-state index in [2.05, 4.69) is 10.2 Å². The predicted molar refractivity (Wildman–Crippen MR) is 196 cm³/mol. The summed E-state index contributed by atoms with van der Waals surface area (Å²) >= 11 is 0. The second kappa shape index (κ2) is 13.6. The molecule has 264 valence electrons. The second-order valence-corrected chi connectivity index (χ2v) is 13.5. The van der Waals surface area contributed by atoms with E-state index in [1.807, 2.05) is 55.4 Å². The van der Waals surface area contributed by atoms with E-state index < -0.39 is 23.7 Å². The van der Waals surface area contributed by atoms with Crippen LogP contribution in [0.1, 0.15) is 25.3 Å². The Hall–Kier alpha value is -6.10. The van der Waals surface area contributed by atoms with Crippen molar-refractivity contribution in [1.29, 1.82) is 0 Å². The van der Waals surface area contributed by atoms with E-state index in [9.17, 15) is 24.3 Å². The number of carbonyl (C=O) groups excluding carboxylic acids is 4. The maximum absolute atomic E-state index is 14.3. The number of azo groups is 1. The Morgan fingerprint density at radius 1 is 0.865 bits per heavy atom. The summed E-state index contributed by atoms with van der Waals surface area (Å²) in [5, 5.41) is 19.1. The average Bonchev–Trinajstić information content (AvgIpc) is 3.41. The van der Waals surface area contributed by atoms with Crippen molar-refractivity contribution >= 4 is 52.2 Å². The first-order valence-electron chi connectivity index (χ1n) is 17.0. The van der Waals surface area contributed by atoms with Gasteiger partial charge in [0.05, 0.1) is 43.1 Å². The molecular formula is C41H38N4O7. The molecule has 0 saturated carbocycles. The summed E-state index contributed by atoms with van der Waals surface area (Å²) in [6, 6.07) is 17.7. The van der Waals surface area contributed by atoms with Crippen LogP contribution in [0.4, 0.5) is 22.7 Å². The minimum atomic E-state index is -0.703. The maximum Gasteiger partial charge on any atom is 0.238 e. The number of ketones is 2. The van der Waals surface area contributed by atoms with Gasteiger partial charge in [-0.2, -0.15) is 10.2 Å². The van der Waals surface area contributed by atoms with Gasteiger partial charge < -0.3 is 19.5 Å². The SMILES string of the molecule is COc1cc(C=C[C@H]2C3=CC[C@@H]4C(=O)N(c5ccc(N=Nc6ccc(N(C)C)cc6)cc5)C(=O)[C@@H]4[C@@H]3CC3=C2C(=O)C(C)=CC3=O)cc(OC)c1O. The van der Waals surface area contributed by atoms with Gasteiger partial charge in [0.1, 0.15) is 0 Å². The normalized spacial score (nSPS) is 22.8. The number of ether oxygens (including phenoxy) is 2. The third kappa shape index (κ3) is 5.91. The molecule has 3 aliphatic carbocycles. The molecule has 2 amide bonds. The maximum atomic E-state index is 14.3. The van der Waals surface area contributed by atoms with Gasteiger partial charge in [0.25, 0.3) is 0 Å². The topological polar surface area (TPSA) is 138 Å². The number of phenols is 1. The number of hydrogen-bond donors (Lipinski definition) is 1. The lowest BCUT2D eigenvalue weighted by Crippen LogP contribution is -2.40. The highest BCUT2D eigenvalue weighted by molar-refractivity contribution is 6.24. The quantitative estimate of drug-likeness (QED) is 0.114. The number of benzene rings is 3. The van der Waals surface area contributed by atoms with Crippen LogP contribution in [-0.2, 0) is 19.2 Å². The molecule has 1 fully saturated rings. The molecule has 4 atom stereocenters. The van der Waals surface area contributed by atoms with E-state index in [1.54, 1.807) is 49.4 Å². The zero-order valence-corrected chi connectivity index (χ0v) is 29.5. The van der Waals surface area contributed by atoms with Crippen LogP contribution < -0.4 is 19.3 Å². The first-order chi connectivity index (χ1) is 25.0. The molecule has 52 heavy (non-hydrogen) atoms. The number of carbonyl (C=O) groups is 4. The number of rotatable bonds is 8. The summed E-state index contributed by atoms with van der Waals surface area (Å²) in [5.41, 5.74) is 5.33. The van der Waals surface area contributed by atoms with Crippen molar-refractivity contribution in [3.8, 4) is 17.2 Å². The summed E-state index contributed by atoms with van der Waals surface area (Å²) in [4.78, 5) is 58.5. The van der Waals surface area contributed by atoms with Crippen LogP contribution in [-0.4, -0.2) is 56.8 Å². The monoisotopic (exact) mass is 698 g/mol. The van der Waals surface area contributed by atoms with Gasteiger partial charge in [0.2, 0.25) is 17.6 Å². The zero-order chi connectivity index (χ0) is 36.8. The van der Waals surface area contributed by atoms with Gasteiger partial charge in [-0.3, -0.25) is 24.1 Å². The van der Waals surface area contributed by atoms with Gasteiger partial charge >= 0.3 is 0 Å². The first-order valence-corrected chi connectivity index (χ1v) is 17.0. The fourth-order valence-corrected chi connectivity index (χ4v) is 7.71. The summed E-state index contributed by atoms with van der Waals surface area (Å²) in [6.45, 7) is 1.63. The summed E-state index contributed by atoms with van der Waals surface area (Å²) in [7, 11) is 6.80. The van der Waals surface area contributed by atoms with Crippen molar-refractivity contribution in [3.05, 3.63) is 107 Å². The number of Topliss-reactive ketones (excluding diaryl/α,β-unsaturated/α-hetero) is 1. The van der Waals surface area contributed by atoms with Crippen LogP contribution in [0.3, 0.4) is 0 Å². The third-order valence-electron chi connectivity index (χ3n) is 10.4. The van der Waals surface area contributed by atoms with Gasteiger partial charge in [0.15, 0.2) is 23.1 Å². The minimum absolute atomic E-state index is 0.140. The Balaban J connectivity index is 1.18. The van der Waals surface area contributed by atoms with Crippen LogP contribution in [0.2, 0.25) is 0 Å². The second-order valence-electron chi connectivity index (χ2n) is 13.5. The summed E-state index contributed by atoms with van der Waals surface area (Å²) in [5.74, 6) is -3.20. The third-order valence-corrected chi connectivity index (χ3v) is 10.4. The van der Waals surface area contributed by atoms with Crippen LogP contribution in [0, 0.1) is 23.7 Å². The number of phenolic OH excluding ortho intramolecular Hbond substituents is 1. The van der Waals surface area contributed by atoms with E-state index in [4.69, 9.17) is 9.47 Å². The van der Waals surface area contributed by atoms with Gasteiger partial charge in [-0.05, 0) is 98.0 Å². The molecule has 11 nitrogen and oxygen atoms in total. The molecule has 1 N–H and O–H groups in total. The highest BCUT2D eigenvalue weighted by atomic mass is 16.5. The number of amides is 2. The van der Waals surface area contributed by atoms with Crippen LogP contribution in [0.15, 0.2) is 111 Å². The number of methoxy groups -OCH3 is 2. The van der Waals surface area contributed by atoms with Crippen LogP contribution in [0.25, 0.3) is 6.08 Å². The first kappa shape index (κ1) is 34.4. The van der Waals surface area contributed by atoms with E-state index in [0.717, 1.165) is 11.3 Å². The highest BCUT2D eigenvalue weighted by Crippen LogP contribution is 2.53. The minimum Gasteiger partial charge on any atom is -0.502 e. The molecule has 1 saturated heterocycles. The lowest BCUT2D eigenvalue weighted by Gasteiger charge is -2.41. The van der Waals surface area contributed by atoms with Crippen LogP contribution in [0.5, 0.6) is 17.2 Å². The summed E-state index contributed by atoms with van der Waals surface area (Å²) < 4.78 is 10.6. The highest BCUT2D eigenvalue weighted by Gasteiger charge is 2.56. The number of anilines is 2. The summed E-state index contributed by atoms with van der Waals surface area (Å²) in [6.07, 6.45) is 7.46. The Bertz CT molecular complexity index is 2130. The Labute approximate surface area is 301 Å². The predicted octanol–water partition coefficient (Wildman–Crippen LogP) is 7.07. The molecule has 0 aromatic heterocycles. The van der Waals surface area contributed by atoms with Crippen molar-refractivity contribution in [2.45, 2.75) is 19.8 Å². The van der Waals surface area contributed by atoms with E-state index in [-0.39, 0.29) is 47.1 Å². The van der Waals surface area contributed by atoms with Crippen molar-refractivity contribution < 1.29 is 33.8 Å². The lowest BCUT2D eigenvalue weighted by molar-refractivity contribution is -0.123. The molecular weight excluding hydrogens is 660 g/mol. The van der Waals surface area contributed by atoms with Gasteiger partial charge in [0, 0.05) is 42.4 Å². The molecule has 0 unspecified atom stereocenters. The van der Waals surface area contributed by atoms with Crippen molar-refractivity contribution in [1.82, 2.24) is 0 Å². The molecule has 11 heteroatoms. The Kier molecular flexibility index (Phi) is 8.95. The van der Waals surface area contributed by atoms with Crippen molar-refractivity contribution in [3.63, 3.8) is 0 Å². The molecule has 3 aromatic carbocycles. The molecule has 4 aliphatic rings. The Morgan fingerprint density at radius 2 is 1.48 bits per heavy atom. The molecule has 0 bridgehead atoms. The van der Waals surface area contributed by atoms with Gasteiger partial charge in [-0.15, -0.1) is 0 Å². The molecule has 7 rings (SSSR count). The molecule has 1 heterocycles. The van der Waals surface area contributed by atoms with Crippen molar-refractivity contribution in [2.75, 3.05) is 38.1 Å². The molecule has 0 radical (unpaired) electrons. The number of hydrogen-bond acceptors (Lipinski definition) is 10. The lowest BCUT2D eigenvalue weighted by atomic mass is 9.60. The number of fused-ring (bicyclic) bond motifs is 3. The number of aromatic hydroxyl groups is 1. The molecule has 3 aromatic rings. The number of nitrogens with zero attached hydrogens (tertiary/aromatic N) is 4. The number of imide groups is 1. The fraction of sp³-hybridized carbons (Fsp3) is 0.268. The largest absolute Gasteiger partial charge is 0.502 e. The van der Waals surface area contributed by atoms with Gasteiger partial charge in [-0.25, -0.2) is 0 Å². The van der Waals surface area contributed by atoms with E-state index in [1.165, 1.54) is 25.2 Å². The van der Waals surface area contributed by atoms with Gasteiger partial charge in [-0.1, -0.05) is 23.8 Å².